The Hall–Kier alpha value is -0.650. The van der Waals surface area contributed by atoms with Gasteiger partial charge in [0.1, 0.15) is 0 Å². The van der Waals surface area contributed by atoms with E-state index in [0.29, 0.717) is 13.0 Å². The van der Waals surface area contributed by atoms with Gasteiger partial charge in [0.2, 0.25) is 5.91 Å². The summed E-state index contributed by atoms with van der Waals surface area (Å²) in [5, 5.41) is 9.19. The Morgan fingerprint density at radius 3 is 2.95 bits per heavy atom. The Labute approximate surface area is 114 Å². The van der Waals surface area contributed by atoms with E-state index in [2.05, 4.69) is 0 Å². The van der Waals surface area contributed by atoms with Crippen molar-refractivity contribution in [1.82, 2.24) is 4.90 Å². The van der Waals surface area contributed by atoms with Crippen LogP contribution < -0.4 is 0 Å². The SMILES string of the molecule is O=C1CC[C@@H](CO)N1CCCCOC1CCCCO1. The average Bonchev–Trinajstić information content (AvgIpc) is 2.80. The Bertz CT molecular complexity index is 279. The van der Waals surface area contributed by atoms with Gasteiger partial charge in [-0.15, -0.1) is 0 Å². The first-order valence-corrected chi connectivity index (χ1v) is 7.45. The molecule has 2 saturated heterocycles. The normalized spacial score (nSPS) is 28.1. The minimum atomic E-state index is -0.0210. The lowest BCUT2D eigenvalue weighted by atomic mass is 10.2. The third-order valence-corrected chi connectivity index (χ3v) is 3.90. The third-order valence-electron chi connectivity index (χ3n) is 3.90. The van der Waals surface area contributed by atoms with E-state index >= 15 is 0 Å². The zero-order chi connectivity index (χ0) is 13.5. The van der Waals surface area contributed by atoms with Crippen LogP contribution >= 0.6 is 0 Å². The fourth-order valence-corrected chi connectivity index (χ4v) is 2.73. The molecule has 0 saturated carbocycles. The maximum absolute atomic E-state index is 11.6. The summed E-state index contributed by atoms with van der Waals surface area (Å²) in [6.07, 6.45) is 6.53. The lowest BCUT2D eigenvalue weighted by Gasteiger charge is -2.24. The first-order valence-electron chi connectivity index (χ1n) is 7.45. The summed E-state index contributed by atoms with van der Waals surface area (Å²) in [6, 6.07) is 0.0371. The second-order valence-corrected chi connectivity index (χ2v) is 5.34. The monoisotopic (exact) mass is 271 g/mol. The van der Waals surface area contributed by atoms with E-state index in [1.165, 1.54) is 6.42 Å². The topological polar surface area (TPSA) is 59.0 Å². The molecule has 2 rings (SSSR count). The Morgan fingerprint density at radius 2 is 2.21 bits per heavy atom. The van der Waals surface area contributed by atoms with Gasteiger partial charge >= 0.3 is 0 Å². The molecule has 1 N–H and O–H groups in total. The van der Waals surface area contributed by atoms with Crippen molar-refractivity contribution in [2.75, 3.05) is 26.4 Å². The second-order valence-electron chi connectivity index (χ2n) is 5.34. The first kappa shape index (κ1) is 14.8. The third kappa shape index (κ3) is 4.44. The van der Waals surface area contributed by atoms with Gasteiger partial charge in [-0.05, 0) is 38.5 Å². The number of aliphatic hydroxyl groups is 1. The number of likely N-dealkylation sites (tertiary alicyclic amines) is 1. The van der Waals surface area contributed by atoms with Gasteiger partial charge in [-0.2, -0.15) is 0 Å². The van der Waals surface area contributed by atoms with Gasteiger partial charge in [-0.25, -0.2) is 0 Å². The minimum Gasteiger partial charge on any atom is -0.394 e. The van der Waals surface area contributed by atoms with Crippen LogP contribution in [0.2, 0.25) is 0 Å². The van der Waals surface area contributed by atoms with E-state index < -0.39 is 0 Å². The number of hydrogen-bond acceptors (Lipinski definition) is 4. The van der Waals surface area contributed by atoms with Crippen LogP contribution in [0.4, 0.5) is 0 Å². The highest BCUT2D eigenvalue weighted by Gasteiger charge is 2.29. The number of carbonyl (C=O) groups is 1. The minimum absolute atomic E-state index is 0.0210. The number of nitrogens with zero attached hydrogens (tertiary/aromatic N) is 1. The molecule has 0 aliphatic carbocycles. The van der Waals surface area contributed by atoms with Gasteiger partial charge in [0, 0.05) is 26.2 Å². The molecule has 0 spiro atoms. The van der Waals surface area contributed by atoms with Crippen LogP contribution in [0.5, 0.6) is 0 Å². The van der Waals surface area contributed by atoms with Gasteiger partial charge in [-0.3, -0.25) is 4.79 Å². The van der Waals surface area contributed by atoms with Crippen molar-refractivity contribution in [2.45, 2.75) is 57.3 Å². The van der Waals surface area contributed by atoms with E-state index in [0.717, 1.165) is 45.3 Å². The van der Waals surface area contributed by atoms with Crippen molar-refractivity contribution in [1.29, 1.82) is 0 Å². The summed E-state index contributed by atoms with van der Waals surface area (Å²) in [4.78, 5) is 13.4. The highest BCUT2D eigenvalue weighted by atomic mass is 16.7. The summed E-state index contributed by atoms with van der Waals surface area (Å²) >= 11 is 0. The average molecular weight is 271 g/mol. The number of aliphatic hydroxyl groups excluding tert-OH is 1. The van der Waals surface area contributed by atoms with Crippen molar-refractivity contribution in [2.24, 2.45) is 0 Å². The molecule has 0 radical (unpaired) electrons. The zero-order valence-corrected chi connectivity index (χ0v) is 11.6. The van der Waals surface area contributed by atoms with Crippen LogP contribution in [-0.2, 0) is 14.3 Å². The molecule has 1 amide bonds. The van der Waals surface area contributed by atoms with Gasteiger partial charge in [0.25, 0.3) is 0 Å². The Morgan fingerprint density at radius 1 is 1.32 bits per heavy atom. The molecular weight excluding hydrogens is 246 g/mol. The molecule has 2 atom stereocenters. The van der Waals surface area contributed by atoms with Crippen molar-refractivity contribution in [3.63, 3.8) is 0 Å². The number of amides is 1. The maximum Gasteiger partial charge on any atom is 0.222 e. The van der Waals surface area contributed by atoms with Gasteiger partial charge < -0.3 is 19.5 Å². The molecule has 2 fully saturated rings. The predicted octanol–water partition coefficient (Wildman–Crippen LogP) is 1.29. The standard InChI is InChI=1S/C14H25NO4/c16-11-12-6-7-13(17)15(12)8-2-4-10-19-14-5-1-3-9-18-14/h12,14,16H,1-11H2/t12-,14?/m0/s1. The van der Waals surface area contributed by atoms with E-state index in [1.807, 2.05) is 4.90 Å². The van der Waals surface area contributed by atoms with E-state index in [4.69, 9.17) is 9.47 Å². The molecule has 2 heterocycles. The molecule has 0 bridgehead atoms. The van der Waals surface area contributed by atoms with Crippen molar-refractivity contribution < 1.29 is 19.4 Å². The number of carbonyl (C=O) groups excluding carboxylic acids is 1. The largest absolute Gasteiger partial charge is 0.394 e. The predicted molar refractivity (Wildman–Crippen MR) is 70.6 cm³/mol. The van der Waals surface area contributed by atoms with Crippen LogP contribution in [0.25, 0.3) is 0 Å². The van der Waals surface area contributed by atoms with Crippen LogP contribution in [0.15, 0.2) is 0 Å². The molecule has 0 aromatic heterocycles. The highest BCUT2D eigenvalue weighted by molar-refractivity contribution is 5.78. The Kier molecular flexibility index (Phi) is 6.07. The lowest BCUT2D eigenvalue weighted by Crippen LogP contribution is -2.36. The molecule has 0 aromatic carbocycles. The lowest BCUT2D eigenvalue weighted by molar-refractivity contribution is -0.163. The highest BCUT2D eigenvalue weighted by Crippen LogP contribution is 2.19. The van der Waals surface area contributed by atoms with Crippen molar-refractivity contribution in [3.8, 4) is 0 Å². The summed E-state index contributed by atoms with van der Waals surface area (Å²) in [7, 11) is 0. The van der Waals surface area contributed by atoms with Crippen LogP contribution in [0, 0.1) is 0 Å². The quantitative estimate of drug-likeness (QED) is 0.709. The first-order chi connectivity index (χ1) is 9.31. The second kappa shape index (κ2) is 7.82. The fraction of sp³-hybridized carbons (Fsp3) is 0.929. The fourth-order valence-electron chi connectivity index (χ4n) is 2.73. The molecule has 1 unspecified atom stereocenters. The van der Waals surface area contributed by atoms with Gasteiger partial charge in [0.15, 0.2) is 6.29 Å². The van der Waals surface area contributed by atoms with E-state index in [9.17, 15) is 9.90 Å². The smallest absolute Gasteiger partial charge is 0.222 e. The van der Waals surface area contributed by atoms with Gasteiger partial charge in [0.05, 0.1) is 12.6 Å². The summed E-state index contributed by atoms with van der Waals surface area (Å²) in [6.45, 7) is 2.32. The van der Waals surface area contributed by atoms with Crippen LogP contribution in [-0.4, -0.2) is 54.6 Å². The van der Waals surface area contributed by atoms with E-state index in [-0.39, 0.29) is 24.8 Å². The van der Waals surface area contributed by atoms with Crippen LogP contribution in [0.3, 0.4) is 0 Å². The summed E-state index contributed by atoms with van der Waals surface area (Å²) in [5.41, 5.74) is 0. The van der Waals surface area contributed by atoms with Gasteiger partial charge in [-0.1, -0.05) is 0 Å². The van der Waals surface area contributed by atoms with E-state index in [1.54, 1.807) is 0 Å². The number of ether oxygens (including phenoxy) is 2. The molecule has 2 aliphatic heterocycles. The van der Waals surface area contributed by atoms with Crippen LogP contribution in [0.1, 0.15) is 44.9 Å². The summed E-state index contributed by atoms with van der Waals surface area (Å²) in [5.74, 6) is 0.176. The van der Waals surface area contributed by atoms with Crippen molar-refractivity contribution in [3.05, 3.63) is 0 Å². The molecule has 19 heavy (non-hydrogen) atoms. The molecule has 5 heteroatoms. The summed E-state index contributed by atoms with van der Waals surface area (Å²) < 4.78 is 11.1. The number of rotatable bonds is 7. The molecule has 2 aliphatic rings. The molecule has 110 valence electrons. The zero-order valence-electron chi connectivity index (χ0n) is 11.6. The molecule has 5 nitrogen and oxygen atoms in total. The maximum atomic E-state index is 11.6. The number of hydrogen-bond donors (Lipinski definition) is 1. The Balaban J connectivity index is 1.54. The van der Waals surface area contributed by atoms with Crippen molar-refractivity contribution >= 4 is 5.91 Å². The molecule has 0 aromatic rings. The number of unbranched alkanes of at least 4 members (excludes halogenated alkanes) is 1. The molecular formula is C14H25NO4.